The quantitative estimate of drug-likeness (QED) is 0.239. The van der Waals surface area contributed by atoms with Crippen molar-refractivity contribution in [2.75, 3.05) is 13.2 Å². The molecule has 0 N–H and O–H groups in total. The fraction of sp³-hybridized carbons (Fsp3) is 0.154. The zero-order valence-corrected chi connectivity index (χ0v) is 20.6. The molecule has 174 valence electrons. The molecule has 0 saturated carbocycles. The van der Waals surface area contributed by atoms with Crippen LogP contribution in [0.3, 0.4) is 0 Å². The van der Waals surface area contributed by atoms with E-state index < -0.39 is 0 Å². The van der Waals surface area contributed by atoms with Crippen LogP contribution >= 0.6 is 35.0 Å². The van der Waals surface area contributed by atoms with Crippen LogP contribution in [0.5, 0.6) is 11.5 Å². The summed E-state index contributed by atoms with van der Waals surface area (Å²) in [6.07, 6.45) is 1.68. The first-order valence-corrected chi connectivity index (χ1v) is 12.1. The fourth-order valence-electron chi connectivity index (χ4n) is 3.24. The van der Waals surface area contributed by atoms with E-state index in [2.05, 4.69) is 0 Å². The lowest BCUT2D eigenvalue weighted by molar-refractivity contribution is -0.123. The summed E-state index contributed by atoms with van der Waals surface area (Å²) in [4.78, 5) is 26.7. The lowest BCUT2D eigenvalue weighted by Crippen LogP contribution is -2.27. The number of benzene rings is 3. The van der Waals surface area contributed by atoms with E-state index in [9.17, 15) is 9.59 Å². The van der Waals surface area contributed by atoms with E-state index in [1.807, 2.05) is 55.5 Å². The molecule has 1 aliphatic rings. The van der Waals surface area contributed by atoms with E-state index in [0.29, 0.717) is 39.5 Å². The van der Waals surface area contributed by atoms with Gasteiger partial charge in [0.05, 0.1) is 11.4 Å². The minimum absolute atomic E-state index is 0.0257. The maximum absolute atomic E-state index is 12.8. The molecule has 0 atom stereocenters. The molecule has 5 nitrogen and oxygen atoms in total. The number of imide groups is 1. The Kier molecular flexibility index (Phi) is 7.83. The Labute approximate surface area is 212 Å². The van der Waals surface area contributed by atoms with Gasteiger partial charge < -0.3 is 9.47 Å². The third-order valence-electron chi connectivity index (χ3n) is 5.07. The molecule has 1 heterocycles. The van der Waals surface area contributed by atoms with Gasteiger partial charge in [-0.2, -0.15) is 0 Å². The van der Waals surface area contributed by atoms with Crippen molar-refractivity contribution in [1.82, 2.24) is 4.90 Å². The molecular formula is C26H21Cl2NO4S. The highest BCUT2D eigenvalue weighted by Crippen LogP contribution is 2.35. The maximum atomic E-state index is 12.8. The average molecular weight is 514 g/mol. The summed E-state index contributed by atoms with van der Waals surface area (Å²) in [5.74, 6) is 1.11. The van der Waals surface area contributed by atoms with Crippen molar-refractivity contribution >= 4 is 52.2 Å². The van der Waals surface area contributed by atoms with Crippen LogP contribution in [0, 0.1) is 6.92 Å². The van der Waals surface area contributed by atoms with Gasteiger partial charge in [0.2, 0.25) is 0 Å². The topological polar surface area (TPSA) is 55.8 Å². The third-order valence-corrected chi connectivity index (χ3v) is 6.69. The Morgan fingerprint density at radius 3 is 2.00 bits per heavy atom. The Balaban J connectivity index is 1.33. The van der Waals surface area contributed by atoms with Crippen LogP contribution in [0.1, 0.15) is 16.7 Å². The second-order valence-corrected chi connectivity index (χ2v) is 9.35. The molecule has 0 bridgehead atoms. The largest absolute Gasteiger partial charge is 0.490 e. The minimum atomic E-state index is -0.375. The number of halogens is 2. The Morgan fingerprint density at radius 1 is 0.853 bits per heavy atom. The molecule has 1 aliphatic heterocycles. The zero-order valence-electron chi connectivity index (χ0n) is 18.3. The number of aryl methyl sites for hydroxylation is 1. The van der Waals surface area contributed by atoms with Crippen LogP contribution in [0.15, 0.2) is 71.6 Å². The number of thioether (sulfide) groups is 1. The standard InChI is InChI=1S/C26H21Cl2NO4S/c1-17-5-9-19(10-6-17)32-13-14-33-20-11-7-18(8-12-20)15-24-25(30)29(26(31)34-24)16-21-22(27)3-2-4-23(21)28/h2-12,15H,13-14,16H2,1H3/b24-15-. The smallest absolute Gasteiger partial charge is 0.293 e. The summed E-state index contributed by atoms with van der Waals surface area (Å²) in [7, 11) is 0. The molecule has 0 unspecified atom stereocenters. The van der Waals surface area contributed by atoms with E-state index in [1.165, 1.54) is 5.56 Å². The highest BCUT2D eigenvalue weighted by atomic mass is 35.5. The first-order valence-electron chi connectivity index (χ1n) is 10.5. The molecule has 4 rings (SSSR count). The van der Waals surface area contributed by atoms with Crippen LogP contribution in [0.25, 0.3) is 6.08 Å². The SMILES string of the molecule is Cc1ccc(OCCOc2ccc(/C=C3\SC(=O)N(Cc4c(Cl)cccc4Cl)C3=O)cc2)cc1. The van der Waals surface area contributed by atoms with Crippen molar-refractivity contribution in [3.63, 3.8) is 0 Å². The molecule has 2 amide bonds. The van der Waals surface area contributed by atoms with Crippen molar-refractivity contribution in [2.24, 2.45) is 0 Å². The molecule has 0 radical (unpaired) electrons. The van der Waals surface area contributed by atoms with Gasteiger partial charge >= 0.3 is 0 Å². The van der Waals surface area contributed by atoms with Crippen molar-refractivity contribution in [1.29, 1.82) is 0 Å². The molecule has 0 aromatic heterocycles. The number of carbonyl (C=O) groups is 2. The van der Waals surface area contributed by atoms with Gasteiger partial charge in [-0.05, 0) is 66.7 Å². The average Bonchev–Trinajstić information content (AvgIpc) is 3.08. The van der Waals surface area contributed by atoms with E-state index >= 15 is 0 Å². The summed E-state index contributed by atoms with van der Waals surface area (Å²) in [5.41, 5.74) is 2.50. The van der Waals surface area contributed by atoms with E-state index in [-0.39, 0.29) is 17.7 Å². The predicted octanol–water partition coefficient (Wildman–Crippen LogP) is 7.00. The molecule has 0 spiro atoms. The van der Waals surface area contributed by atoms with E-state index in [0.717, 1.165) is 28.0 Å². The van der Waals surface area contributed by atoms with Crippen LogP contribution in [0.4, 0.5) is 4.79 Å². The summed E-state index contributed by atoms with van der Waals surface area (Å²) in [6.45, 7) is 2.88. The first-order chi connectivity index (χ1) is 16.4. The second kappa shape index (κ2) is 11.0. The molecule has 8 heteroatoms. The van der Waals surface area contributed by atoms with Gasteiger partial charge in [-0.3, -0.25) is 14.5 Å². The van der Waals surface area contributed by atoms with E-state index in [1.54, 1.807) is 24.3 Å². The second-order valence-electron chi connectivity index (χ2n) is 7.55. The predicted molar refractivity (Wildman–Crippen MR) is 137 cm³/mol. The van der Waals surface area contributed by atoms with Crippen molar-refractivity contribution in [3.05, 3.63) is 98.4 Å². The third kappa shape index (κ3) is 5.95. The lowest BCUT2D eigenvalue weighted by atomic mass is 10.2. The van der Waals surface area contributed by atoms with Gasteiger partial charge in [-0.25, -0.2) is 0 Å². The highest BCUT2D eigenvalue weighted by molar-refractivity contribution is 8.18. The number of nitrogens with zero attached hydrogens (tertiary/aromatic N) is 1. The highest BCUT2D eigenvalue weighted by Gasteiger charge is 2.35. The van der Waals surface area contributed by atoms with Gasteiger partial charge in [-0.1, -0.05) is 59.1 Å². The number of hydrogen-bond donors (Lipinski definition) is 0. The van der Waals surface area contributed by atoms with Gasteiger partial charge in [0.1, 0.15) is 24.7 Å². The van der Waals surface area contributed by atoms with E-state index in [4.69, 9.17) is 32.7 Å². The van der Waals surface area contributed by atoms with Gasteiger partial charge in [-0.15, -0.1) is 0 Å². The molecule has 3 aromatic carbocycles. The molecule has 3 aromatic rings. The molecule has 34 heavy (non-hydrogen) atoms. The van der Waals surface area contributed by atoms with Crippen molar-refractivity contribution < 1.29 is 19.1 Å². The number of amides is 2. The van der Waals surface area contributed by atoms with Gasteiger partial charge in [0.15, 0.2) is 0 Å². The Bertz CT molecular complexity index is 1210. The number of hydrogen-bond acceptors (Lipinski definition) is 5. The summed E-state index contributed by atoms with van der Waals surface area (Å²) in [6, 6.07) is 20.2. The maximum Gasteiger partial charge on any atom is 0.293 e. The molecule has 0 aliphatic carbocycles. The summed E-state index contributed by atoms with van der Waals surface area (Å²) < 4.78 is 11.4. The minimum Gasteiger partial charge on any atom is -0.490 e. The Morgan fingerprint density at radius 2 is 1.41 bits per heavy atom. The van der Waals surface area contributed by atoms with Crippen LogP contribution in [-0.2, 0) is 11.3 Å². The zero-order chi connectivity index (χ0) is 24.1. The number of ether oxygens (including phenoxy) is 2. The lowest BCUT2D eigenvalue weighted by Gasteiger charge is -2.14. The normalized spacial score (nSPS) is 14.7. The first kappa shape index (κ1) is 24.2. The number of carbonyl (C=O) groups excluding carboxylic acids is 2. The van der Waals surface area contributed by atoms with Gasteiger partial charge in [0.25, 0.3) is 11.1 Å². The molecular weight excluding hydrogens is 493 g/mol. The fourth-order valence-corrected chi connectivity index (χ4v) is 4.60. The van der Waals surface area contributed by atoms with Crippen molar-refractivity contribution in [2.45, 2.75) is 13.5 Å². The molecule has 1 fully saturated rings. The Hall–Kier alpha value is -2.93. The monoisotopic (exact) mass is 513 g/mol. The van der Waals surface area contributed by atoms with Gasteiger partial charge in [0, 0.05) is 15.6 Å². The summed E-state index contributed by atoms with van der Waals surface area (Å²) in [5, 5.41) is 0.464. The van der Waals surface area contributed by atoms with Crippen LogP contribution in [-0.4, -0.2) is 29.3 Å². The van der Waals surface area contributed by atoms with Crippen molar-refractivity contribution in [3.8, 4) is 11.5 Å². The van der Waals surface area contributed by atoms with Crippen LogP contribution < -0.4 is 9.47 Å². The molecule has 1 saturated heterocycles. The summed E-state index contributed by atoms with van der Waals surface area (Å²) >= 11 is 13.3. The number of rotatable bonds is 8. The van der Waals surface area contributed by atoms with Crippen LogP contribution in [0.2, 0.25) is 10.0 Å².